The number of hydrogen-bond donors (Lipinski definition) is 2. The normalized spacial score (nSPS) is 12.9. The molecule has 0 aliphatic carbocycles. The molecule has 5 heteroatoms. The van der Waals surface area contributed by atoms with Crippen LogP contribution in [0.4, 0.5) is 0 Å². The summed E-state index contributed by atoms with van der Waals surface area (Å²) in [7, 11) is 0. The highest BCUT2D eigenvalue weighted by Gasteiger charge is 2.21. The molecule has 4 nitrogen and oxygen atoms in total. The van der Waals surface area contributed by atoms with Gasteiger partial charge in [0.2, 0.25) is 0 Å². The van der Waals surface area contributed by atoms with Crippen molar-refractivity contribution < 1.29 is 19.8 Å². The fraction of sp³-hybridized carbons (Fsp3) is 0.944. The molecule has 244 valence electrons. The molecule has 0 spiro atoms. The van der Waals surface area contributed by atoms with Gasteiger partial charge in [-0.25, -0.2) is 0 Å². The van der Waals surface area contributed by atoms with Crippen molar-refractivity contribution in [3.63, 3.8) is 0 Å². The first-order chi connectivity index (χ1) is 20.0. The summed E-state index contributed by atoms with van der Waals surface area (Å²) in [5.41, 5.74) is 0. The molecular formula is C36H70O4S. The van der Waals surface area contributed by atoms with Crippen LogP contribution in [0, 0.1) is 0 Å². The van der Waals surface area contributed by atoms with E-state index >= 15 is 0 Å². The predicted molar refractivity (Wildman–Crippen MR) is 180 cm³/mol. The number of carboxylic acids is 2. The van der Waals surface area contributed by atoms with Crippen LogP contribution < -0.4 is 0 Å². The van der Waals surface area contributed by atoms with Crippen LogP contribution in [0.1, 0.15) is 206 Å². The summed E-state index contributed by atoms with van der Waals surface area (Å²) in [6.07, 6.45) is 36.2. The van der Waals surface area contributed by atoms with Crippen molar-refractivity contribution in [1.29, 1.82) is 0 Å². The number of unbranched alkanes of at least 4 members (excludes halogenated alkanes) is 24. The lowest BCUT2D eigenvalue weighted by molar-refractivity contribution is -0.137. The van der Waals surface area contributed by atoms with Gasteiger partial charge in [0.1, 0.15) is 0 Å². The number of carbonyl (C=O) groups is 2. The number of aliphatic carboxylic acids is 2. The topological polar surface area (TPSA) is 74.6 Å². The van der Waals surface area contributed by atoms with Crippen LogP contribution in [0.15, 0.2) is 0 Å². The Morgan fingerprint density at radius 2 is 0.634 bits per heavy atom. The number of rotatable bonds is 34. The lowest BCUT2D eigenvalue weighted by Crippen LogP contribution is -2.18. The van der Waals surface area contributed by atoms with Crippen LogP contribution >= 0.6 is 11.8 Å². The Bertz CT molecular complexity index is 520. The average molecular weight is 599 g/mol. The van der Waals surface area contributed by atoms with Crippen LogP contribution in [0.2, 0.25) is 0 Å². The average Bonchev–Trinajstić information content (AvgIpc) is 2.93. The maximum atomic E-state index is 11.5. The van der Waals surface area contributed by atoms with Gasteiger partial charge in [-0.15, -0.1) is 0 Å². The van der Waals surface area contributed by atoms with Crippen molar-refractivity contribution in [3.8, 4) is 0 Å². The maximum Gasteiger partial charge on any atom is 0.304 e. The zero-order valence-electron chi connectivity index (χ0n) is 27.5. The van der Waals surface area contributed by atoms with Gasteiger partial charge in [-0.1, -0.05) is 181 Å². The van der Waals surface area contributed by atoms with E-state index in [-0.39, 0.29) is 23.3 Å². The van der Waals surface area contributed by atoms with Crippen molar-refractivity contribution in [2.75, 3.05) is 0 Å². The minimum absolute atomic E-state index is 0.0338. The van der Waals surface area contributed by atoms with Crippen LogP contribution in [0.3, 0.4) is 0 Å². The first-order valence-corrected chi connectivity index (χ1v) is 19.0. The van der Waals surface area contributed by atoms with E-state index in [9.17, 15) is 19.8 Å². The molecule has 0 fully saturated rings. The highest BCUT2D eigenvalue weighted by atomic mass is 32.2. The molecule has 0 saturated heterocycles. The SMILES string of the molecule is CCCCCCCCCCCCCCCC(CC(=O)O)SC(CCCCCCCCCCCCCCC)CC(=O)O. The first kappa shape index (κ1) is 40.3. The van der Waals surface area contributed by atoms with Crippen molar-refractivity contribution in [1.82, 2.24) is 0 Å². The molecule has 0 bridgehead atoms. The molecule has 0 aliphatic rings. The third kappa shape index (κ3) is 32.0. The second-order valence-electron chi connectivity index (χ2n) is 12.6. The van der Waals surface area contributed by atoms with E-state index in [1.54, 1.807) is 11.8 Å². The van der Waals surface area contributed by atoms with E-state index < -0.39 is 11.9 Å². The minimum atomic E-state index is -0.757. The molecule has 0 rings (SSSR count). The maximum absolute atomic E-state index is 11.5. The summed E-state index contributed by atoms with van der Waals surface area (Å²) in [4.78, 5) is 23.0. The summed E-state index contributed by atoms with van der Waals surface area (Å²) < 4.78 is 0. The second-order valence-corrected chi connectivity index (χ2v) is 14.2. The lowest BCUT2D eigenvalue weighted by atomic mass is 10.0. The predicted octanol–water partition coefficient (Wildman–Crippen LogP) is 12.4. The summed E-state index contributed by atoms with van der Waals surface area (Å²) in [6, 6.07) is 0. The third-order valence-corrected chi connectivity index (χ3v) is 10.0. The minimum Gasteiger partial charge on any atom is -0.481 e. The van der Waals surface area contributed by atoms with Gasteiger partial charge < -0.3 is 10.2 Å². The van der Waals surface area contributed by atoms with E-state index in [4.69, 9.17) is 0 Å². The quantitative estimate of drug-likeness (QED) is 0.0721. The van der Waals surface area contributed by atoms with Crippen LogP contribution in [0.25, 0.3) is 0 Å². The summed E-state index contributed by atoms with van der Waals surface area (Å²) in [5.74, 6) is -1.51. The fourth-order valence-corrected chi connectivity index (χ4v) is 7.51. The fourth-order valence-electron chi connectivity index (χ4n) is 5.88. The molecule has 2 atom stereocenters. The summed E-state index contributed by atoms with van der Waals surface area (Å²) in [5, 5.41) is 19.0. The monoisotopic (exact) mass is 598 g/mol. The van der Waals surface area contributed by atoms with Crippen molar-refractivity contribution in [2.45, 2.75) is 217 Å². The zero-order chi connectivity index (χ0) is 30.2. The summed E-state index contributed by atoms with van der Waals surface area (Å²) in [6.45, 7) is 4.53. The van der Waals surface area contributed by atoms with Crippen molar-refractivity contribution in [2.24, 2.45) is 0 Å². The smallest absolute Gasteiger partial charge is 0.304 e. The molecule has 2 unspecified atom stereocenters. The highest BCUT2D eigenvalue weighted by molar-refractivity contribution is 8.00. The number of hydrogen-bond acceptors (Lipinski definition) is 3. The van der Waals surface area contributed by atoms with Crippen LogP contribution in [-0.4, -0.2) is 32.7 Å². The van der Waals surface area contributed by atoms with Gasteiger partial charge >= 0.3 is 11.9 Å². The third-order valence-electron chi connectivity index (χ3n) is 8.45. The Morgan fingerprint density at radius 3 is 0.854 bits per heavy atom. The molecule has 0 aromatic rings. The van der Waals surface area contributed by atoms with Gasteiger partial charge in [0.15, 0.2) is 0 Å². The van der Waals surface area contributed by atoms with Gasteiger partial charge in [0.05, 0.1) is 12.8 Å². The van der Waals surface area contributed by atoms with Gasteiger partial charge in [0.25, 0.3) is 0 Å². The van der Waals surface area contributed by atoms with Gasteiger partial charge in [-0.3, -0.25) is 9.59 Å². The molecule has 2 N–H and O–H groups in total. The Labute approximate surface area is 260 Å². The van der Waals surface area contributed by atoms with Gasteiger partial charge in [-0.05, 0) is 12.8 Å². The van der Waals surface area contributed by atoms with Gasteiger partial charge in [0, 0.05) is 10.5 Å². The Balaban J connectivity index is 4.01. The largest absolute Gasteiger partial charge is 0.481 e. The van der Waals surface area contributed by atoms with Crippen molar-refractivity contribution in [3.05, 3.63) is 0 Å². The highest BCUT2D eigenvalue weighted by Crippen LogP contribution is 2.31. The van der Waals surface area contributed by atoms with E-state index in [0.717, 1.165) is 38.5 Å². The zero-order valence-corrected chi connectivity index (χ0v) is 28.3. The van der Waals surface area contributed by atoms with E-state index in [2.05, 4.69) is 13.8 Å². The summed E-state index contributed by atoms with van der Waals surface area (Å²) >= 11 is 1.65. The van der Waals surface area contributed by atoms with Gasteiger partial charge in [-0.2, -0.15) is 11.8 Å². The molecule has 0 saturated carbocycles. The molecule has 0 heterocycles. The van der Waals surface area contributed by atoms with Crippen molar-refractivity contribution >= 4 is 23.7 Å². The molecule has 0 aromatic carbocycles. The number of thioether (sulfide) groups is 1. The van der Waals surface area contributed by atoms with E-state index in [1.165, 1.54) is 141 Å². The van der Waals surface area contributed by atoms with Crippen LogP contribution in [-0.2, 0) is 9.59 Å². The van der Waals surface area contributed by atoms with E-state index in [1.807, 2.05) is 0 Å². The standard InChI is InChI=1S/C36H70O4S/c1-3-5-7-9-11-13-15-17-19-21-23-25-27-29-33(31-35(37)38)41-34(32-36(39)40)30-28-26-24-22-20-18-16-14-12-10-8-6-4-2/h33-34H,3-32H2,1-2H3,(H,37,38)(H,39,40). The second kappa shape index (κ2) is 32.2. The number of carboxylic acid groups (broad SMARTS) is 2. The molecule has 41 heavy (non-hydrogen) atoms. The Kier molecular flexibility index (Phi) is 31.7. The Morgan fingerprint density at radius 1 is 0.415 bits per heavy atom. The molecule has 0 amide bonds. The first-order valence-electron chi connectivity index (χ1n) is 18.1. The van der Waals surface area contributed by atoms with E-state index in [0.29, 0.717) is 0 Å². The molecule has 0 aromatic heterocycles. The van der Waals surface area contributed by atoms with Crippen LogP contribution in [0.5, 0.6) is 0 Å². The lowest BCUT2D eigenvalue weighted by Gasteiger charge is -2.21. The molecule has 0 aliphatic heterocycles. The molecular weight excluding hydrogens is 528 g/mol. The molecule has 0 radical (unpaired) electrons. The Hall–Kier alpha value is -0.710.